The molecule has 4 aromatic rings. The van der Waals surface area contributed by atoms with E-state index < -0.39 is 11.6 Å². The highest BCUT2D eigenvalue weighted by atomic mass is 35.5. The van der Waals surface area contributed by atoms with Crippen LogP contribution in [0.5, 0.6) is 5.88 Å². The lowest BCUT2D eigenvalue weighted by atomic mass is 9.92. The lowest BCUT2D eigenvalue weighted by Gasteiger charge is -2.33. The van der Waals surface area contributed by atoms with E-state index in [-0.39, 0.29) is 52.7 Å². The maximum absolute atomic E-state index is 15.4. The summed E-state index contributed by atoms with van der Waals surface area (Å²) in [4.78, 5) is 27.0. The first kappa shape index (κ1) is 27.6. The second-order valence-corrected chi connectivity index (χ2v) is 10.8. The summed E-state index contributed by atoms with van der Waals surface area (Å²) >= 11 is 6.12. The third-order valence-corrected chi connectivity index (χ3v) is 8.14. The van der Waals surface area contributed by atoms with E-state index in [0.29, 0.717) is 61.9 Å². The van der Waals surface area contributed by atoms with E-state index in [0.717, 1.165) is 0 Å². The van der Waals surface area contributed by atoms with Crippen molar-refractivity contribution in [3.05, 3.63) is 71.0 Å². The molecule has 3 atom stereocenters. The first-order valence-corrected chi connectivity index (χ1v) is 14.1. The van der Waals surface area contributed by atoms with Gasteiger partial charge in [0, 0.05) is 29.4 Å². The highest BCUT2D eigenvalue weighted by Crippen LogP contribution is 2.44. The summed E-state index contributed by atoms with van der Waals surface area (Å²) < 4.78 is 48.6. The molecule has 1 N–H and O–H groups in total. The number of halogens is 3. The maximum atomic E-state index is 15.4. The molecule has 2 saturated heterocycles. The van der Waals surface area contributed by atoms with Crippen LogP contribution in [0, 0.1) is 11.6 Å². The summed E-state index contributed by atoms with van der Waals surface area (Å²) in [5, 5.41) is 11.1. The van der Waals surface area contributed by atoms with Gasteiger partial charge in [-0.2, -0.15) is 4.68 Å². The van der Waals surface area contributed by atoms with Gasteiger partial charge in [0.05, 0.1) is 48.5 Å². The lowest BCUT2D eigenvalue weighted by Crippen LogP contribution is -2.39. The fraction of sp³-hybridized carbons (Fsp3) is 0.357. The van der Waals surface area contributed by atoms with Crippen LogP contribution in [0.15, 0.2) is 43.0 Å². The molecule has 43 heavy (non-hydrogen) atoms. The molecule has 12 nitrogen and oxygen atoms in total. The molecule has 2 unspecified atom stereocenters. The Kier molecular flexibility index (Phi) is 7.33. The van der Waals surface area contributed by atoms with Crippen LogP contribution in [-0.4, -0.2) is 84.5 Å². The summed E-state index contributed by atoms with van der Waals surface area (Å²) in [6, 6.07) is 4.01. The number of H-pyrrole nitrogens is 1. The summed E-state index contributed by atoms with van der Waals surface area (Å²) in [5.41, 5.74) is 1.73. The molecule has 7 rings (SSSR count). The second-order valence-electron chi connectivity index (χ2n) is 10.4. The zero-order valence-electron chi connectivity index (χ0n) is 22.6. The van der Waals surface area contributed by atoms with Gasteiger partial charge in [0.15, 0.2) is 11.6 Å². The van der Waals surface area contributed by atoms with Crippen LogP contribution in [0.3, 0.4) is 0 Å². The summed E-state index contributed by atoms with van der Waals surface area (Å²) in [7, 11) is 0. The van der Waals surface area contributed by atoms with E-state index in [1.807, 2.05) is 0 Å². The molecule has 0 spiro atoms. The number of tetrazole rings is 1. The Hall–Kier alpha value is -4.27. The van der Waals surface area contributed by atoms with Crippen molar-refractivity contribution in [3.63, 3.8) is 0 Å². The number of imidazole rings is 1. The van der Waals surface area contributed by atoms with Crippen LogP contribution >= 0.6 is 11.6 Å². The van der Waals surface area contributed by atoms with E-state index in [1.54, 1.807) is 11.0 Å². The number of carbonyl (C=O) groups excluding carboxylic acids is 1. The summed E-state index contributed by atoms with van der Waals surface area (Å²) in [6.07, 6.45) is 7.15. The minimum Gasteiger partial charge on any atom is -0.473 e. The predicted octanol–water partition coefficient (Wildman–Crippen LogP) is 3.69. The minimum atomic E-state index is -0.644. The number of amides is 1. The van der Waals surface area contributed by atoms with E-state index in [1.165, 1.54) is 41.6 Å². The molecule has 222 valence electrons. The van der Waals surface area contributed by atoms with Gasteiger partial charge in [-0.25, -0.2) is 18.7 Å². The molecule has 0 radical (unpaired) electrons. The Morgan fingerprint density at radius 2 is 2.05 bits per heavy atom. The Morgan fingerprint density at radius 1 is 1.14 bits per heavy atom. The topological polar surface area (TPSA) is 133 Å². The molecule has 3 aliphatic rings. The number of nitrogens with zero attached hydrogens (tertiary/aromatic N) is 7. The van der Waals surface area contributed by atoms with E-state index in [9.17, 15) is 4.79 Å². The first-order valence-electron chi connectivity index (χ1n) is 13.7. The quantitative estimate of drug-likeness (QED) is 0.332. The van der Waals surface area contributed by atoms with Gasteiger partial charge in [0.25, 0.3) is 5.88 Å². The molecule has 1 amide bonds. The highest BCUT2D eigenvalue weighted by Gasteiger charge is 2.42. The Labute approximate surface area is 248 Å². The van der Waals surface area contributed by atoms with Gasteiger partial charge < -0.3 is 24.1 Å². The van der Waals surface area contributed by atoms with Crippen molar-refractivity contribution < 1.29 is 27.8 Å². The van der Waals surface area contributed by atoms with E-state index in [4.69, 9.17) is 25.8 Å². The number of fused-ring (bicyclic) bond motifs is 1. The molecule has 15 heteroatoms. The number of ether oxygens (including phenoxy) is 3. The fourth-order valence-electron chi connectivity index (χ4n) is 5.89. The third-order valence-electron chi connectivity index (χ3n) is 7.85. The molecule has 0 bridgehead atoms. The highest BCUT2D eigenvalue weighted by molar-refractivity contribution is 6.31. The average molecular weight is 611 g/mol. The van der Waals surface area contributed by atoms with Crippen LogP contribution in [0.1, 0.15) is 36.7 Å². The molecule has 2 fully saturated rings. The van der Waals surface area contributed by atoms with Gasteiger partial charge in [0.2, 0.25) is 5.91 Å². The normalized spacial score (nSPS) is 22.0. The molecule has 0 aliphatic carbocycles. The number of rotatable bonds is 7. The van der Waals surface area contributed by atoms with Crippen molar-refractivity contribution >= 4 is 23.1 Å². The standard InChI is InChI=1S/C28H25ClF2N8O4/c29-19-2-4-21(38-14-34-36-37-38)24(26(19)31)15-9-16-1-3-22(39(16)23(40)10-15)27-33-11-20(35-27)18-5-6-32-28(25(18)30)43-13-17-12-41-7-8-42-17/h2,4-6,10-11,14,16-17,22H,1,3,7-9,12-13H2,(H,33,35)/t16?,17-,22?/m0/s1. The van der Waals surface area contributed by atoms with Gasteiger partial charge in [-0.3, -0.25) is 4.79 Å². The number of aromatic nitrogens is 7. The van der Waals surface area contributed by atoms with Crippen LogP contribution < -0.4 is 4.74 Å². The molecular formula is C28H25ClF2N8O4. The number of pyridine rings is 1. The van der Waals surface area contributed by atoms with Crippen LogP contribution in [0.25, 0.3) is 22.5 Å². The first-order chi connectivity index (χ1) is 21.0. The van der Waals surface area contributed by atoms with E-state index in [2.05, 4.69) is 30.5 Å². The van der Waals surface area contributed by atoms with Gasteiger partial charge in [-0.1, -0.05) is 11.6 Å². The largest absolute Gasteiger partial charge is 0.473 e. The molecule has 0 saturated carbocycles. The van der Waals surface area contributed by atoms with Crippen molar-refractivity contribution in [3.8, 4) is 22.8 Å². The number of benzene rings is 1. The Morgan fingerprint density at radius 3 is 2.86 bits per heavy atom. The molecule has 6 heterocycles. The van der Waals surface area contributed by atoms with Crippen molar-refractivity contribution in [2.75, 3.05) is 26.4 Å². The summed E-state index contributed by atoms with van der Waals surface area (Å²) in [5.74, 6) is -1.19. The number of nitrogens with one attached hydrogen (secondary N) is 1. The fourth-order valence-corrected chi connectivity index (χ4v) is 6.04. The number of hydrogen-bond acceptors (Lipinski definition) is 9. The predicted molar refractivity (Wildman–Crippen MR) is 147 cm³/mol. The van der Waals surface area contributed by atoms with Gasteiger partial charge >= 0.3 is 0 Å². The zero-order chi connectivity index (χ0) is 29.5. The summed E-state index contributed by atoms with van der Waals surface area (Å²) in [6.45, 7) is 1.45. The van der Waals surface area contributed by atoms with E-state index >= 15 is 8.78 Å². The maximum Gasteiger partial charge on any atom is 0.251 e. The lowest BCUT2D eigenvalue weighted by molar-refractivity contribution is -0.129. The number of aromatic amines is 1. The van der Waals surface area contributed by atoms with Crippen molar-refractivity contribution in [2.45, 2.75) is 37.5 Å². The molecular weight excluding hydrogens is 586 g/mol. The van der Waals surface area contributed by atoms with Crippen molar-refractivity contribution in [2.24, 2.45) is 0 Å². The number of carbonyl (C=O) groups is 1. The van der Waals surface area contributed by atoms with Crippen LogP contribution in [0.2, 0.25) is 5.02 Å². The van der Waals surface area contributed by atoms with Gasteiger partial charge in [-0.15, -0.1) is 5.10 Å². The minimum absolute atomic E-state index is 0.0664. The van der Waals surface area contributed by atoms with Crippen LogP contribution in [-0.2, 0) is 14.3 Å². The third kappa shape index (κ3) is 5.15. The SMILES string of the molecule is O=C1C=C(c2c(-n3cnnn3)ccc(Cl)c2F)CC2CCC(c3ncc(-c4ccnc(OC[C@@H]5COCCO5)c4F)[nH]3)N12. The van der Waals surface area contributed by atoms with Gasteiger partial charge in [0.1, 0.15) is 24.9 Å². The van der Waals surface area contributed by atoms with Crippen LogP contribution in [0.4, 0.5) is 8.78 Å². The smallest absolute Gasteiger partial charge is 0.251 e. The monoisotopic (exact) mass is 610 g/mol. The molecule has 3 aliphatic heterocycles. The molecule has 3 aromatic heterocycles. The zero-order valence-corrected chi connectivity index (χ0v) is 23.4. The Balaban J connectivity index is 1.12. The molecule has 1 aromatic carbocycles. The van der Waals surface area contributed by atoms with Gasteiger partial charge in [-0.05, 0) is 53.5 Å². The Bertz CT molecular complexity index is 1690. The van der Waals surface area contributed by atoms with Crippen molar-refractivity contribution in [1.82, 2.24) is 40.1 Å². The van der Waals surface area contributed by atoms with Crippen molar-refractivity contribution in [1.29, 1.82) is 0 Å². The second kappa shape index (κ2) is 11.4. The number of hydrogen-bond donors (Lipinski definition) is 1. The average Bonchev–Trinajstić information content (AvgIpc) is 3.80.